The van der Waals surface area contributed by atoms with Gasteiger partial charge in [-0.15, -0.1) is 0 Å². The molecule has 0 fully saturated rings. The van der Waals surface area contributed by atoms with E-state index < -0.39 is 11.4 Å². The monoisotopic (exact) mass is 476 g/mol. The molecular formula is C8H20O4P2PdS4. The Hall–Kier alpha value is 2.50. The van der Waals surface area contributed by atoms with Crippen molar-refractivity contribution in [2.45, 2.75) is 27.7 Å². The molecule has 0 radical (unpaired) electrons. The molecule has 0 aromatic heterocycles. The average Bonchev–Trinajstić information content (AvgIpc) is 2.17. The maximum absolute atomic E-state index is 4.99. The van der Waals surface area contributed by atoms with Gasteiger partial charge in [-0.1, -0.05) is 23.6 Å². The van der Waals surface area contributed by atoms with Crippen LogP contribution < -0.4 is 0 Å². The predicted octanol–water partition coefficient (Wildman–Crippen LogP) is 3.66. The van der Waals surface area contributed by atoms with E-state index in [2.05, 4.69) is 0 Å². The van der Waals surface area contributed by atoms with Gasteiger partial charge in [-0.05, 0) is 27.7 Å². The first-order chi connectivity index (χ1) is 8.24. The summed E-state index contributed by atoms with van der Waals surface area (Å²) >= 11 is 19.3. The van der Waals surface area contributed by atoms with E-state index in [4.69, 9.17) is 66.2 Å². The Morgan fingerprint density at radius 2 is 0.842 bits per heavy atom. The molecule has 0 bridgehead atoms. The van der Waals surface area contributed by atoms with Gasteiger partial charge in [0, 0.05) is 26.4 Å². The van der Waals surface area contributed by atoms with Crippen molar-refractivity contribution >= 4 is 59.5 Å². The van der Waals surface area contributed by atoms with Gasteiger partial charge in [0.1, 0.15) is 0 Å². The zero-order valence-corrected chi connectivity index (χ0v) is 17.9. The normalized spacial score (nSPS) is 11.3. The molecule has 120 valence electrons. The Kier molecular flexibility index (Phi) is 21.4. The molecule has 0 saturated carbocycles. The summed E-state index contributed by atoms with van der Waals surface area (Å²) in [7, 11) is 0. The summed E-state index contributed by atoms with van der Waals surface area (Å²) < 4.78 is 20.0. The van der Waals surface area contributed by atoms with Gasteiger partial charge in [0.2, 0.25) is 0 Å². The Bertz CT molecular complexity index is 248. The molecule has 11 heteroatoms. The molecule has 4 nitrogen and oxygen atoms in total. The summed E-state index contributed by atoms with van der Waals surface area (Å²) in [5.74, 6) is 0. The molecule has 0 saturated heterocycles. The van der Waals surface area contributed by atoms with Crippen LogP contribution in [-0.4, -0.2) is 26.4 Å². The van der Waals surface area contributed by atoms with Gasteiger partial charge in [-0.25, -0.2) is 0 Å². The molecule has 0 rings (SSSR count). The summed E-state index contributed by atoms with van der Waals surface area (Å²) in [5.41, 5.74) is -4.55. The van der Waals surface area contributed by atoms with E-state index in [1.165, 1.54) is 0 Å². The first kappa shape index (κ1) is 26.4. The Labute approximate surface area is 151 Å². The van der Waals surface area contributed by atoms with Crippen LogP contribution in [0.2, 0.25) is 0 Å². The summed E-state index contributed by atoms with van der Waals surface area (Å²) in [5, 5.41) is 0. The molecular weight excluding hydrogens is 457 g/mol. The summed E-state index contributed by atoms with van der Waals surface area (Å²) in [6, 6.07) is 0. The fourth-order valence-electron chi connectivity index (χ4n) is 0.707. The van der Waals surface area contributed by atoms with Gasteiger partial charge in [0.15, 0.2) is 0 Å². The quantitative estimate of drug-likeness (QED) is 0.298. The minimum atomic E-state index is -2.28. The van der Waals surface area contributed by atoms with Crippen LogP contribution in [0.4, 0.5) is 0 Å². The molecule has 0 aliphatic carbocycles. The fraction of sp³-hybridized carbons (Fsp3) is 1.00. The maximum Gasteiger partial charge on any atom is 2.00 e. The molecule has 0 heterocycles. The van der Waals surface area contributed by atoms with Gasteiger partial charge in [-0.2, -0.15) is 0 Å². The molecule has 0 aromatic rings. The van der Waals surface area contributed by atoms with Crippen molar-refractivity contribution < 1.29 is 38.5 Å². The third kappa shape index (κ3) is 20.5. The van der Waals surface area contributed by atoms with Gasteiger partial charge >= 0.3 is 20.4 Å². The van der Waals surface area contributed by atoms with Crippen LogP contribution in [0, 0.1) is 0 Å². The molecule has 0 spiro atoms. The van der Waals surface area contributed by atoms with E-state index >= 15 is 0 Å². The first-order valence-corrected chi connectivity index (χ1v) is 12.7. The largest absolute Gasteiger partial charge is 2.00 e. The van der Waals surface area contributed by atoms with Crippen molar-refractivity contribution in [2.75, 3.05) is 26.4 Å². The third-order valence-corrected chi connectivity index (χ3v) is 5.98. The second-order valence-corrected chi connectivity index (χ2v) is 12.5. The van der Waals surface area contributed by atoms with Crippen molar-refractivity contribution in [1.82, 2.24) is 0 Å². The smallest absolute Gasteiger partial charge is 0.691 e. The van der Waals surface area contributed by atoms with Gasteiger partial charge in [0.05, 0.1) is 11.4 Å². The van der Waals surface area contributed by atoms with E-state index in [-0.39, 0.29) is 20.4 Å². The molecule has 0 aliphatic rings. The van der Waals surface area contributed by atoms with Crippen molar-refractivity contribution in [3.8, 4) is 0 Å². The molecule has 0 unspecified atom stereocenters. The Morgan fingerprint density at radius 3 is 0.947 bits per heavy atom. The predicted molar refractivity (Wildman–Crippen MR) is 89.8 cm³/mol. The zero-order valence-electron chi connectivity index (χ0n) is 11.3. The van der Waals surface area contributed by atoms with Crippen LogP contribution in [0.15, 0.2) is 0 Å². The van der Waals surface area contributed by atoms with Crippen molar-refractivity contribution in [3.63, 3.8) is 0 Å². The minimum absolute atomic E-state index is 0. The minimum Gasteiger partial charge on any atom is -0.691 e. The van der Waals surface area contributed by atoms with E-state index in [0.717, 1.165) is 0 Å². The van der Waals surface area contributed by atoms with E-state index in [9.17, 15) is 0 Å². The fourth-order valence-corrected chi connectivity index (χ4v) is 4.65. The molecule has 0 amide bonds. The van der Waals surface area contributed by atoms with Gasteiger partial charge < -0.3 is 42.6 Å². The molecule has 0 N–H and O–H groups in total. The topological polar surface area (TPSA) is 36.9 Å². The van der Waals surface area contributed by atoms with Crippen LogP contribution in [-0.2, 0) is 86.6 Å². The Balaban J connectivity index is -0.000000256. The molecule has 0 aliphatic heterocycles. The Morgan fingerprint density at radius 1 is 0.684 bits per heavy atom. The van der Waals surface area contributed by atoms with Crippen LogP contribution in [0.25, 0.3) is 0 Å². The average molecular weight is 477 g/mol. The van der Waals surface area contributed by atoms with E-state index in [1.807, 2.05) is 27.7 Å². The van der Waals surface area contributed by atoms with E-state index in [1.54, 1.807) is 0 Å². The standard InChI is InChI=1S/2C4H11O2PS2.Pd/c2*1-3-5-7(8,9)6-4-2;/h2*3-4H2,1-2H3,(H,8,9);/q;;+2/p-2. The third-order valence-electron chi connectivity index (χ3n) is 1.15. The van der Waals surface area contributed by atoms with Crippen LogP contribution in [0.3, 0.4) is 0 Å². The number of hydrogen-bond donors (Lipinski definition) is 0. The van der Waals surface area contributed by atoms with Crippen LogP contribution in [0.1, 0.15) is 27.7 Å². The second kappa shape index (κ2) is 15.4. The van der Waals surface area contributed by atoms with E-state index in [0.29, 0.717) is 26.4 Å². The second-order valence-electron chi connectivity index (χ2n) is 2.57. The summed E-state index contributed by atoms with van der Waals surface area (Å²) in [6.07, 6.45) is 0. The molecule has 0 aromatic carbocycles. The van der Waals surface area contributed by atoms with Crippen LogP contribution >= 0.6 is 11.4 Å². The summed E-state index contributed by atoms with van der Waals surface area (Å²) in [4.78, 5) is 0. The molecule has 19 heavy (non-hydrogen) atoms. The van der Waals surface area contributed by atoms with Gasteiger partial charge in [-0.3, -0.25) is 0 Å². The number of hydrogen-bond acceptors (Lipinski definition) is 8. The number of rotatable bonds is 8. The van der Waals surface area contributed by atoms with Crippen molar-refractivity contribution in [2.24, 2.45) is 0 Å². The van der Waals surface area contributed by atoms with Crippen molar-refractivity contribution in [1.29, 1.82) is 0 Å². The zero-order chi connectivity index (χ0) is 14.7. The summed E-state index contributed by atoms with van der Waals surface area (Å²) in [6.45, 7) is 9.58. The van der Waals surface area contributed by atoms with Crippen molar-refractivity contribution in [3.05, 3.63) is 0 Å². The maximum atomic E-state index is 4.99. The molecule has 0 atom stereocenters. The SMILES string of the molecule is CCOP(=S)([S-])OCC.CCOP(=S)([S-])OCC.[Pd+2]. The van der Waals surface area contributed by atoms with Gasteiger partial charge in [0.25, 0.3) is 0 Å². The van der Waals surface area contributed by atoms with Crippen LogP contribution in [0.5, 0.6) is 0 Å². The first-order valence-electron chi connectivity index (χ1n) is 5.44.